The van der Waals surface area contributed by atoms with Crippen LogP contribution in [0.15, 0.2) is 30.6 Å². The van der Waals surface area contributed by atoms with Crippen LogP contribution in [-0.2, 0) is 6.54 Å². The fraction of sp³-hybridized carbons (Fsp3) is 0.0833. The highest BCUT2D eigenvalue weighted by atomic mass is 32.1. The molecule has 0 aliphatic carbocycles. The van der Waals surface area contributed by atoms with Gasteiger partial charge in [0.15, 0.2) is 5.82 Å². The predicted octanol–water partition coefficient (Wildman–Crippen LogP) is 2.00. The van der Waals surface area contributed by atoms with Crippen molar-refractivity contribution in [1.82, 2.24) is 9.97 Å². The summed E-state index contributed by atoms with van der Waals surface area (Å²) < 4.78 is 26.2. The number of nitrogens with one attached hydrogen (secondary N) is 1. The maximum absolute atomic E-state index is 13.4. The molecule has 0 saturated carbocycles. The van der Waals surface area contributed by atoms with E-state index in [-0.39, 0.29) is 11.5 Å². The van der Waals surface area contributed by atoms with Crippen molar-refractivity contribution in [3.63, 3.8) is 0 Å². The predicted molar refractivity (Wildman–Crippen MR) is 71.6 cm³/mol. The molecule has 1 aromatic heterocycles. The molecule has 0 fully saturated rings. The summed E-state index contributed by atoms with van der Waals surface area (Å²) in [5, 5.41) is 2.87. The van der Waals surface area contributed by atoms with Crippen LogP contribution in [0.3, 0.4) is 0 Å². The minimum absolute atomic E-state index is 0.0928. The number of hydrogen-bond donors (Lipinski definition) is 2. The number of hydrogen-bond acceptors (Lipinski definition) is 4. The third-order valence-corrected chi connectivity index (χ3v) is 2.59. The number of nitrogens with zero attached hydrogens (tertiary/aromatic N) is 2. The van der Waals surface area contributed by atoms with E-state index >= 15 is 0 Å². The normalized spacial score (nSPS) is 10.2. The third-order valence-electron chi connectivity index (χ3n) is 2.39. The SMILES string of the molecule is NC(=S)c1nccnc1NCc1ccc(F)cc1F. The fourth-order valence-electron chi connectivity index (χ4n) is 1.49. The number of halogens is 2. The molecule has 0 aliphatic heterocycles. The first-order chi connectivity index (χ1) is 9.08. The monoisotopic (exact) mass is 280 g/mol. The van der Waals surface area contributed by atoms with E-state index in [0.717, 1.165) is 6.07 Å². The van der Waals surface area contributed by atoms with Gasteiger partial charge in [0.05, 0.1) is 0 Å². The summed E-state index contributed by atoms with van der Waals surface area (Å²) in [6, 6.07) is 3.36. The Hall–Kier alpha value is -2.15. The zero-order valence-electron chi connectivity index (χ0n) is 9.73. The molecule has 3 N–H and O–H groups in total. The molecular weight excluding hydrogens is 270 g/mol. The summed E-state index contributed by atoms with van der Waals surface area (Å²) >= 11 is 4.83. The molecule has 0 atom stereocenters. The lowest BCUT2D eigenvalue weighted by atomic mass is 10.2. The lowest BCUT2D eigenvalue weighted by Gasteiger charge is -2.09. The van der Waals surface area contributed by atoms with Crippen LogP contribution >= 0.6 is 12.2 Å². The van der Waals surface area contributed by atoms with Crippen LogP contribution in [0.25, 0.3) is 0 Å². The van der Waals surface area contributed by atoms with E-state index in [1.54, 1.807) is 0 Å². The maximum Gasteiger partial charge on any atom is 0.155 e. The molecule has 4 nitrogen and oxygen atoms in total. The van der Waals surface area contributed by atoms with Crippen molar-refractivity contribution in [2.75, 3.05) is 5.32 Å². The Labute approximate surface area is 113 Å². The molecule has 19 heavy (non-hydrogen) atoms. The second-order valence-electron chi connectivity index (χ2n) is 3.71. The van der Waals surface area contributed by atoms with E-state index in [2.05, 4.69) is 15.3 Å². The standard InChI is InChI=1S/C12H10F2N4S/c13-8-2-1-7(9(14)5-8)6-18-12-10(11(15)19)16-3-4-17-12/h1-5H,6H2,(H2,15,19)(H,17,18). The van der Waals surface area contributed by atoms with Crippen molar-refractivity contribution < 1.29 is 8.78 Å². The molecular formula is C12H10F2N4S. The average Bonchev–Trinajstić information content (AvgIpc) is 2.38. The largest absolute Gasteiger partial charge is 0.388 e. The van der Waals surface area contributed by atoms with Crippen molar-refractivity contribution in [2.45, 2.75) is 6.54 Å². The molecule has 98 valence electrons. The molecule has 1 aromatic carbocycles. The van der Waals surface area contributed by atoms with E-state index in [1.165, 1.54) is 24.5 Å². The highest BCUT2D eigenvalue weighted by molar-refractivity contribution is 7.80. The first-order valence-electron chi connectivity index (χ1n) is 5.36. The molecule has 0 radical (unpaired) electrons. The van der Waals surface area contributed by atoms with Gasteiger partial charge in [-0.25, -0.2) is 18.7 Å². The van der Waals surface area contributed by atoms with Gasteiger partial charge in [0.2, 0.25) is 0 Å². The molecule has 0 saturated heterocycles. The van der Waals surface area contributed by atoms with E-state index in [1.807, 2.05) is 0 Å². The van der Waals surface area contributed by atoms with Gasteiger partial charge in [0, 0.05) is 30.6 Å². The number of nitrogens with two attached hydrogens (primary N) is 1. The van der Waals surface area contributed by atoms with Crippen LogP contribution in [0.4, 0.5) is 14.6 Å². The summed E-state index contributed by atoms with van der Waals surface area (Å²) in [6.45, 7) is 0.125. The molecule has 1 heterocycles. The highest BCUT2D eigenvalue weighted by Crippen LogP contribution is 2.13. The summed E-state index contributed by atoms with van der Waals surface area (Å²) in [7, 11) is 0. The second kappa shape index (κ2) is 5.66. The van der Waals surface area contributed by atoms with Gasteiger partial charge in [0.1, 0.15) is 22.3 Å². The topological polar surface area (TPSA) is 63.8 Å². The molecule has 0 spiro atoms. The van der Waals surface area contributed by atoms with Gasteiger partial charge in [-0.15, -0.1) is 0 Å². The van der Waals surface area contributed by atoms with Gasteiger partial charge in [-0.3, -0.25) is 0 Å². The van der Waals surface area contributed by atoms with Crippen LogP contribution in [0.2, 0.25) is 0 Å². The van der Waals surface area contributed by atoms with Crippen molar-refractivity contribution >= 4 is 23.0 Å². The van der Waals surface area contributed by atoms with Gasteiger partial charge >= 0.3 is 0 Å². The molecule has 0 bridgehead atoms. The van der Waals surface area contributed by atoms with Crippen molar-refractivity contribution in [3.8, 4) is 0 Å². The molecule has 0 unspecified atom stereocenters. The number of thiocarbonyl (C=S) groups is 1. The Morgan fingerprint density at radius 1 is 1.26 bits per heavy atom. The first kappa shape index (κ1) is 13.3. The lowest BCUT2D eigenvalue weighted by molar-refractivity contribution is 0.574. The molecule has 2 aromatic rings. The number of rotatable bonds is 4. The van der Waals surface area contributed by atoms with Crippen molar-refractivity contribution in [3.05, 3.63) is 53.5 Å². The van der Waals surface area contributed by atoms with E-state index in [0.29, 0.717) is 17.1 Å². The fourth-order valence-corrected chi connectivity index (χ4v) is 1.64. The van der Waals surface area contributed by atoms with Crippen LogP contribution in [0.1, 0.15) is 11.3 Å². The van der Waals surface area contributed by atoms with Crippen LogP contribution < -0.4 is 11.1 Å². The second-order valence-corrected chi connectivity index (χ2v) is 4.15. The highest BCUT2D eigenvalue weighted by Gasteiger charge is 2.09. The number of aromatic nitrogens is 2. The molecule has 0 amide bonds. The summed E-state index contributed by atoms with van der Waals surface area (Å²) in [6.07, 6.45) is 2.92. The zero-order chi connectivity index (χ0) is 13.8. The minimum atomic E-state index is -0.631. The molecule has 2 rings (SSSR count). The van der Waals surface area contributed by atoms with Gasteiger partial charge in [-0.05, 0) is 6.07 Å². The van der Waals surface area contributed by atoms with Gasteiger partial charge in [0.25, 0.3) is 0 Å². The van der Waals surface area contributed by atoms with Crippen LogP contribution in [-0.4, -0.2) is 15.0 Å². The zero-order valence-corrected chi connectivity index (χ0v) is 10.5. The van der Waals surface area contributed by atoms with Gasteiger partial charge in [-0.2, -0.15) is 0 Å². The minimum Gasteiger partial charge on any atom is -0.388 e. The van der Waals surface area contributed by atoms with E-state index < -0.39 is 11.6 Å². The lowest BCUT2D eigenvalue weighted by Crippen LogP contribution is -2.16. The maximum atomic E-state index is 13.4. The quantitative estimate of drug-likeness (QED) is 0.839. The summed E-state index contributed by atoms with van der Waals surface area (Å²) in [4.78, 5) is 8.10. The Bertz CT molecular complexity index is 618. The Kier molecular flexibility index (Phi) is 3.96. The smallest absolute Gasteiger partial charge is 0.155 e. The summed E-state index contributed by atoms with van der Waals surface area (Å²) in [5.74, 6) is -0.892. The first-order valence-corrected chi connectivity index (χ1v) is 5.77. The Morgan fingerprint density at radius 3 is 2.68 bits per heavy atom. The van der Waals surface area contributed by atoms with Crippen LogP contribution in [0, 0.1) is 11.6 Å². The van der Waals surface area contributed by atoms with Crippen molar-refractivity contribution in [1.29, 1.82) is 0 Å². The van der Waals surface area contributed by atoms with Crippen molar-refractivity contribution in [2.24, 2.45) is 5.73 Å². The van der Waals surface area contributed by atoms with Crippen LogP contribution in [0.5, 0.6) is 0 Å². The average molecular weight is 280 g/mol. The summed E-state index contributed by atoms with van der Waals surface area (Å²) in [5.41, 5.74) is 6.14. The Morgan fingerprint density at radius 2 is 2.00 bits per heavy atom. The third kappa shape index (κ3) is 3.19. The Balaban J connectivity index is 2.17. The van der Waals surface area contributed by atoms with E-state index in [9.17, 15) is 8.78 Å². The van der Waals surface area contributed by atoms with E-state index in [4.69, 9.17) is 18.0 Å². The van der Waals surface area contributed by atoms with Gasteiger partial charge < -0.3 is 11.1 Å². The molecule has 0 aliphatic rings. The molecule has 7 heteroatoms. The number of benzene rings is 1. The number of anilines is 1. The van der Waals surface area contributed by atoms with Gasteiger partial charge in [-0.1, -0.05) is 18.3 Å².